The third-order valence-corrected chi connectivity index (χ3v) is 5.74. The highest BCUT2D eigenvalue weighted by molar-refractivity contribution is 7.91. The van der Waals surface area contributed by atoms with E-state index in [1.807, 2.05) is 0 Å². The molecule has 0 bridgehead atoms. The quantitative estimate of drug-likeness (QED) is 0.833. The second-order valence-corrected chi connectivity index (χ2v) is 8.29. The zero-order valence-corrected chi connectivity index (χ0v) is 13.5. The first-order valence-electron chi connectivity index (χ1n) is 6.96. The zero-order valence-electron chi connectivity index (χ0n) is 11.9. The van der Waals surface area contributed by atoms with Gasteiger partial charge in [0.15, 0.2) is 5.78 Å². The van der Waals surface area contributed by atoms with Gasteiger partial charge in [0, 0.05) is 17.2 Å². The topological polar surface area (TPSA) is 60.4 Å². The van der Waals surface area contributed by atoms with Crippen LogP contribution in [0.2, 0.25) is 5.02 Å². The smallest absolute Gasteiger partial charge is 0.173 e. The molecule has 1 fully saturated rings. The Kier molecular flexibility index (Phi) is 5.27. The van der Waals surface area contributed by atoms with Crippen molar-refractivity contribution in [3.63, 3.8) is 0 Å². The van der Waals surface area contributed by atoms with E-state index < -0.39 is 15.1 Å². The molecule has 116 valence electrons. The lowest BCUT2D eigenvalue weighted by Gasteiger charge is -2.26. The maximum Gasteiger partial charge on any atom is 0.173 e. The summed E-state index contributed by atoms with van der Waals surface area (Å²) in [7, 11) is -3.08. The molecular weight excluding hydrogens is 312 g/mol. The molecule has 4 nitrogen and oxygen atoms in total. The molecule has 2 rings (SSSR count). The van der Waals surface area contributed by atoms with Crippen molar-refractivity contribution in [3.05, 3.63) is 29.3 Å². The average Bonchev–Trinajstić information content (AvgIpc) is 2.44. The van der Waals surface area contributed by atoms with Gasteiger partial charge in [0.2, 0.25) is 0 Å². The van der Waals surface area contributed by atoms with Crippen LogP contribution in [0.3, 0.4) is 0 Å². The van der Waals surface area contributed by atoms with Crippen LogP contribution in [0.1, 0.15) is 25.7 Å². The molecule has 0 aromatic heterocycles. The Morgan fingerprint density at radius 2 is 2.14 bits per heavy atom. The standard InChI is InChI=1S/C15H19ClO4S/c1-21(18,19)14-7-2-4-11(8-14)15(17)10-20-13-6-3-5-12(16)9-13/h3,5-6,9,11,14H,2,4,7-8,10H2,1H3. The summed E-state index contributed by atoms with van der Waals surface area (Å²) in [6, 6.07) is 6.87. The number of carbonyl (C=O) groups excluding carboxylic acids is 1. The summed E-state index contributed by atoms with van der Waals surface area (Å²) in [6.07, 6.45) is 3.82. The van der Waals surface area contributed by atoms with Crippen molar-refractivity contribution in [1.82, 2.24) is 0 Å². The first-order valence-corrected chi connectivity index (χ1v) is 9.29. The average molecular weight is 331 g/mol. The second-order valence-electron chi connectivity index (χ2n) is 5.53. The molecular formula is C15H19ClO4S. The Balaban J connectivity index is 1.91. The summed E-state index contributed by atoms with van der Waals surface area (Å²) in [5, 5.41) is 0.154. The van der Waals surface area contributed by atoms with Crippen molar-refractivity contribution in [2.45, 2.75) is 30.9 Å². The molecule has 0 N–H and O–H groups in total. The van der Waals surface area contributed by atoms with E-state index in [2.05, 4.69) is 0 Å². The van der Waals surface area contributed by atoms with Gasteiger partial charge in [-0.1, -0.05) is 24.1 Å². The fraction of sp³-hybridized carbons (Fsp3) is 0.533. The Labute approximate surface area is 130 Å². The maximum absolute atomic E-state index is 12.2. The van der Waals surface area contributed by atoms with Crippen molar-refractivity contribution >= 4 is 27.2 Å². The molecule has 1 saturated carbocycles. The van der Waals surface area contributed by atoms with Gasteiger partial charge in [-0.3, -0.25) is 4.79 Å². The normalized spacial score (nSPS) is 22.8. The second kappa shape index (κ2) is 6.79. The molecule has 0 saturated heterocycles. The van der Waals surface area contributed by atoms with Crippen molar-refractivity contribution in [2.24, 2.45) is 5.92 Å². The molecule has 21 heavy (non-hydrogen) atoms. The van der Waals surface area contributed by atoms with Crippen LogP contribution < -0.4 is 4.74 Å². The van der Waals surface area contributed by atoms with E-state index >= 15 is 0 Å². The Hall–Kier alpha value is -1.07. The molecule has 1 aliphatic carbocycles. The summed E-state index contributed by atoms with van der Waals surface area (Å²) in [4.78, 5) is 12.2. The van der Waals surface area contributed by atoms with Crippen LogP contribution in [0.4, 0.5) is 0 Å². The monoisotopic (exact) mass is 330 g/mol. The van der Waals surface area contributed by atoms with Gasteiger partial charge in [0.25, 0.3) is 0 Å². The molecule has 6 heteroatoms. The van der Waals surface area contributed by atoms with Crippen molar-refractivity contribution in [3.8, 4) is 5.75 Å². The number of rotatable bonds is 5. The molecule has 0 aliphatic heterocycles. The summed E-state index contributed by atoms with van der Waals surface area (Å²) in [6.45, 7) is -0.0402. The summed E-state index contributed by atoms with van der Waals surface area (Å²) >= 11 is 5.85. The van der Waals surface area contributed by atoms with Gasteiger partial charge in [0.1, 0.15) is 22.2 Å². The molecule has 1 aromatic rings. The van der Waals surface area contributed by atoms with E-state index in [1.54, 1.807) is 24.3 Å². The largest absolute Gasteiger partial charge is 0.486 e. The highest BCUT2D eigenvalue weighted by Crippen LogP contribution is 2.29. The van der Waals surface area contributed by atoms with Crippen LogP contribution in [0, 0.1) is 5.92 Å². The number of hydrogen-bond acceptors (Lipinski definition) is 4. The zero-order chi connectivity index (χ0) is 15.5. The molecule has 0 radical (unpaired) electrons. The molecule has 2 atom stereocenters. The number of sulfone groups is 1. The lowest BCUT2D eigenvalue weighted by molar-refractivity contribution is -0.125. The van der Waals surface area contributed by atoms with Crippen LogP contribution in [0.5, 0.6) is 5.75 Å². The predicted octanol–water partition coefficient (Wildman–Crippen LogP) is 2.89. The number of halogens is 1. The van der Waals surface area contributed by atoms with Crippen molar-refractivity contribution in [1.29, 1.82) is 0 Å². The minimum Gasteiger partial charge on any atom is -0.486 e. The first-order chi connectivity index (χ1) is 9.86. The number of Topliss-reactive ketones (excluding diaryl/α,β-unsaturated/α-hetero) is 1. The van der Waals surface area contributed by atoms with Gasteiger partial charge < -0.3 is 4.74 Å². The van der Waals surface area contributed by atoms with Crippen molar-refractivity contribution < 1.29 is 17.9 Å². The Bertz CT molecular complexity index is 612. The van der Waals surface area contributed by atoms with E-state index in [9.17, 15) is 13.2 Å². The third kappa shape index (κ3) is 4.71. The Morgan fingerprint density at radius 3 is 2.81 bits per heavy atom. The summed E-state index contributed by atoms with van der Waals surface area (Å²) in [5.74, 6) is 0.285. The molecule has 0 amide bonds. The van der Waals surface area contributed by atoms with Gasteiger partial charge in [-0.05, 0) is 37.5 Å². The van der Waals surface area contributed by atoms with Crippen LogP contribution in [0.15, 0.2) is 24.3 Å². The molecule has 0 heterocycles. The van der Waals surface area contributed by atoms with Gasteiger partial charge in [0.05, 0.1) is 5.25 Å². The minimum absolute atomic E-state index is 0.0386. The molecule has 2 unspecified atom stereocenters. The SMILES string of the molecule is CS(=O)(=O)C1CCCC(C(=O)COc2cccc(Cl)c2)C1. The van der Waals surface area contributed by atoms with E-state index in [4.69, 9.17) is 16.3 Å². The maximum atomic E-state index is 12.2. The van der Waals surface area contributed by atoms with E-state index in [1.165, 1.54) is 6.26 Å². The fourth-order valence-electron chi connectivity index (χ4n) is 2.66. The molecule has 0 spiro atoms. The summed E-state index contributed by atoms with van der Waals surface area (Å²) < 4.78 is 28.7. The number of hydrogen-bond donors (Lipinski definition) is 0. The number of carbonyl (C=O) groups is 1. The first kappa shape index (κ1) is 16.3. The lowest BCUT2D eigenvalue weighted by Crippen LogP contribution is -2.33. The molecule has 1 aliphatic rings. The molecule has 1 aromatic carbocycles. The highest BCUT2D eigenvalue weighted by Gasteiger charge is 2.32. The predicted molar refractivity (Wildman–Crippen MR) is 82.5 cm³/mol. The van der Waals surface area contributed by atoms with Crippen LogP contribution >= 0.6 is 11.6 Å². The fourth-order valence-corrected chi connectivity index (χ4v) is 4.01. The third-order valence-electron chi connectivity index (χ3n) is 3.86. The lowest BCUT2D eigenvalue weighted by atomic mass is 9.86. The van der Waals surface area contributed by atoms with Crippen LogP contribution in [-0.4, -0.2) is 32.3 Å². The van der Waals surface area contributed by atoms with Gasteiger partial charge >= 0.3 is 0 Å². The Morgan fingerprint density at radius 1 is 1.38 bits per heavy atom. The highest BCUT2D eigenvalue weighted by atomic mass is 35.5. The van der Waals surface area contributed by atoms with Gasteiger partial charge in [-0.2, -0.15) is 0 Å². The van der Waals surface area contributed by atoms with Gasteiger partial charge in [-0.15, -0.1) is 0 Å². The van der Waals surface area contributed by atoms with Crippen molar-refractivity contribution in [2.75, 3.05) is 12.9 Å². The number of benzene rings is 1. The minimum atomic E-state index is -3.08. The van der Waals surface area contributed by atoms with Gasteiger partial charge in [-0.25, -0.2) is 8.42 Å². The summed E-state index contributed by atoms with van der Waals surface area (Å²) in [5.41, 5.74) is 0. The number of ketones is 1. The van der Waals surface area contributed by atoms with E-state index in [0.717, 1.165) is 12.8 Å². The van der Waals surface area contributed by atoms with Crippen LogP contribution in [-0.2, 0) is 14.6 Å². The van der Waals surface area contributed by atoms with Crippen LogP contribution in [0.25, 0.3) is 0 Å². The van der Waals surface area contributed by atoms with E-state index in [0.29, 0.717) is 23.6 Å². The van der Waals surface area contributed by atoms with E-state index in [-0.39, 0.29) is 18.3 Å². The number of ether oxygens (including phenoxy) is 1.